The third-order valence-electron chi connectivity index (χ3n) is 5.36. The van der Waals surface area contributed by atoms with Crippen LogP contribution in [0.2, 0.25) is 0 Å². The number of carbonyl (C=O) groups excluding carboxylic acids is 1. The molecule has 0 spiro atoms. The second-order valence-corrected chi connectivity index (χ2v) is 7.67. The Kier molecular flexibility index (Phi) is 5.29. The smallest absolute Gasteiger partial charge is 0.257 e. The molecule has 0 saturated carbocycles. The first-order valence-corrected chi connectivity index (χ1v) is 9.95. The van der Waals surface area contributed by atoms with Gasteiger partial charge < -0.3 is 31.4 Å². The van der Waals surface area contributed by atoms with Crippen molar-refractivity contribution in [3.63, 3.8) is 0 Å². The number of hydrogen-bond donors (Lipinski definition) is 5. The molecule has 4 rings (SSSR count). The molecular weight excluding hydrogens is 398 g/mol. The molecule has 0 aliphatic carbocycles. The molecule has 3 heterocycles. The number of nitrogen functional groups attached to an aromatic ring is 1. The number of nitrogens with two attached hydrogens (primary N) is 2. The van der Waals surface area contributed by atoms with Crippen molar-refractivity contribution in [1.29, 1.82) is 0 Å². The van der Waals surface area contributed by atoms with Gasteiger partial charge in [0.2, 0.25) is 0 Å². The highest BCUT2D eigenvalue weighted by molar-refractivity contribution is 6.00. The summed E-state index contributed by atoms with van der Waals surface area (Å²) in [5.74, 6) is 6.94. The van der Waals surface area contributed by atoms with Crippen molar-refractivity contribution in [2.75, 3.05) is 35.5 Å². The average Bonchev–Trinajstić information content (AvgIpc) is 3.14. The molecule has 11 nitrogen and oxygen atoms in total. The number of hydrazine groups is 1. The van der Waals surface area contributed by atoms with Crippen LogP contribution in [0.15, 0.2) is 24.4 Å². The first-order valence-electron chi connectivity index (χ1n) is 9.95. The topological polar surface area (TPSA) is 148 Å². The Balaban J connectivity index is 1.93. The van der Waals surface area contributed by atoms with Crippen LogP contribution in [0.1, 0.15) is 29.8 Å². The van der Waals surface area contributed by atoms with Gasteiger partial charge in [-0.25, -0.2) is 10.8 Å². The molecule has 2 atom stereocenters. The quantitative estimate of drug-likeness (QED) is 0.234. The standard InChI is InChI=1S/C20H27N9O2/c1-10-11(2)31-9-12-5-14(21)18(28(4)22)15(6-12)26-16-7-17(23-3)29-19(27-16)13(8-24-29)20(30)25-10/h5-8,10-11,23H,9,21-22H2,1-4H3,(H,25,30)(H,26,27)/t10?,11-/m1/s1. The van der Waals surface area contributed by atoms with E-state index in [0.717, 1.165) is 5.56 Å². The maximum Gasteiger partial charge on any atom is 0.257 e. The Bertz CT molecular complexity index is 1140. The highest BCUT2D eigenvalue weighted by atomic mass is 16.5. The van der Waals surface area contributed by atoms with Gasteiger partial charge in [0.25, 0.3) is 5.91 Å². The van der Waals surface area contributed by atoms with Crippen molar-refractivity contribution in [3.8, 4) is 0 Å². The number of aromatic nitrogens is 3. The molecule has 0 fully saturated rings. The van der Waals surface area contributed by atoms with Crippen LogP contribution >= 0.6 is 0 Å². The van der Waals surface area contributed by atoms with Gasteiger partial charge in [0, 0.05) is 20.2 Å². The van der Waals surface area contributed by atoms with E-state index in [2.05, 4.69) is 26.0 Å². The summed E-state index contributed by atoms with van der Waals surface area (Å²) in [4.78, 5) is 17.6. The fraction of sp³-hybridized carbons (Fsp3) is 0.350. The van der Waals surface area contributed by atoms with E-state index in [1.165, 1.54) is 11.2 Å². The highest BCUT2D eigenvalue weighted by Gasteiger charge is 2.23. The third kappa shape index (κ3) is 3.80. The summed E-state index contributed by atoms with van der Waals surface area (Å²) in [6, 6.07) is 5.31. The number of rotatable bonds is 2. The summed E-state index contributed by atoms with van der Waals surface area (Å²) < 4.78 is 7.57. The molecule has 1 aliphatic heterocycles. The number of ether oxygens (including phenoxy) is 1. The zero-order valence-electron chi connectivity index (χ0n) is 17.9. The van der Waals surface area contributed by atoms with Gasteiger partial charge in [0.15, 0.2) is 5.65 Å². The second-order valence-electron chi connectivity index (χ2n) is 7.67. The summed E-state index contributed by atoms with van der Waals surface area (Å²) >= 11 is 0. The van der Waals surface area contributed by atoms with Crippen molar-refractivity contribution in [1.82, 2.24) is 19.9 Å². The predicted octanol–water partition coefficient (Wildman–Crippen LogP) is 1.44. The molecule has 1 unspecified atom stereocenters. The normalized spacial score (nSPS) is 18.9. The van der Waals surface area contributed by atoms with Crippen molar-refractivity contribution >= 4 is 40.3 Å². The maximum atomic E-state index is 12.9. The van der Waals surface area contributed by atoms with Crippen LogP contribution < -0.4 is 32.5 Å². The molecule has 11 heteroatoms. The van der Waals surface area contributed by atoms with Gasteiger partial charge in [-0.15, -0.1) is 0 Å². The van der Waals surface area contributed by atoms with Crippen LogP contribution in [0.4, 0.5) is 28.7 Å². The summed E-state index contributed by atoms with van der Waals surface area (Å²) in [5, 5.41) is 15.1. The lowest BCUT2D eigenvalue weighted by atomic mass is 10.1. The van der Waals surface area contributed by atoms with Gasteiger partial charge in [-0.3, -0.25) is 4.79 Å². The van der Waals surface area contributed by atoms with E-state index in [9.17, 15) is 4.79 Å². The molecule has 1 aromatic carbocycles. The summed E-state index contributed by atoms with van der Waals surface area (Å²) in [6.45, 7) is 4.13. The minimum absolute atomic E-state index is 0.235. The third-order valence-corrected chi connectivity index (χ3v) is 5.36. The van der Waals surface area contributed by atoms with Crippen molar-refractivity contribution < 1.29 is 9.53 Å². The minimum atomic E-state index is -0.271. The molecule has 164 valence electrons. The van der Waals surface area contributed by atoms with Crippen LogP contribution in [-0.4, -0.2) is 46.7 Å². The Morgan fingerprint density at radius 2 is 2.10 bits per heavy atom. The van der Waals surface area contributed by atoms with Gasteiger partial charge in [-0.2, -0.15) is 9.61 Å². The van der Waals surface area contributed by atoms with Gasteiger partial charge in [-0.1, -0.05) is 0 Å². The highest BCUT2D eigenvalue weighted by Crippen LogP contribution is 2.35. The van der Waals surface area contributed by atoms with E-state index in [0.29, 0.717) is 46.5 Å². The van der Waals surface area contributed by atoms with Gasteiger partial charge in [-0.05, 0) is 31.5 Å². The minimum Gasteiger partial charge on any atom is -0.397 e. The fourth-order valence-corrected chi connectivity index (χ4v) is 3.57. The molecule has 1 aliphatic rings. The Hall–Kier alpha value is -3.57. The second kappa shape index (κ2) is 7.93. The Morgan fingerprint density at radius 3 is 2.81 bits per heavy atom. The number of amides is 1. The molecule has 4 bridgehead atoms. The lowest BCUT2D eigenvalue weighted by molar-refractivity contribution is 0.0303. The van der Waals surface area contributed by atoms with E-state index < -0.39 is 0 Å². The van der Waals surface area contributed by atoms with Crippen LogP contribution in [0.3, 0.4) is 0 Å². The largest absolute Gasteiger partial charge is 0.397 e. The number of nitrogens with zero attached hydrogens (tertiary/aromatic N) is 4. The van der Waals surface area contributed by atoms with Crippen molar-refractivity contribution in [2.24, 2.45) is 5.84 Å². The molecule has 3 aromatic rings. The molecular formula is C20H27N9O2. The molecule has 1 amide bonds. The number of anilines is 5. The summed E-state index contributed by atoms with van der Waals surface area (Å²) in [5.41, 5.74) is 9.75. The monoisotopic (exact) mass is 425 g/mol. The van der Waals surface area contributed by atoms with E-state index in [1.807, 2.05) is 26.0 Å². The van der Waals surface area contributed by atoms with Crippen LogP contribution in [0.25, 0.3) is 5.65 Å². The lowest BCUT2D eigenvalue weighted by Crippen LogP contribution is -2.41. The van der Waals surface area contributed by atoms with Gasteiger partial charge in [0.05, 0.1) is 42.0 Å². The van der Waals surface area contributed by atoms with Crippen molar-refractivity contribution in [3.05, 3.63) is 35.5 Å². The van der Waals surface area contributed by atoms with Gasteiger partial charge in [0.1, 0.15) is 17.2 Å². The zero-order chi connectivity index (χ0) is 22.3. The number of carbonyl (C=O) groups is 1. The zero-order valence-corrected chi connectivity index (χ0v) is 17.9. The number of fused-ring (bicyclic) bond motifs is 3. The maximum absolute atomic E-state index is 12.9. The van der Waals surface area contributed by atoms with E-state index in [1.54, 1.807) is 24.7 Å². The van der Waals surface area contributed by atoms with Crippen LogP contribution in [-0.2, 0) is 11.3 Å². The fourth-order valence-electron chi connectivity index (χ4n) is 3.57. The van der Waals surface area contributed by atoms with Crippen LogP contribution in [0.5, 0.6) is 0 Å². The number of nitrogens with one attached hydrogen (secondary N) is 3. The number of benzene rings is 1. The Morgan fingerprint density at radius 1 is 1.32 bits per heavy atom. The average molecular weight is 425 g/mol. The predicted molar refractivity (Wildman–Crippen MR) is 120 cm³/mol. The lowest BCUT2D eigenvalue weighted by Gasteiger charge is -2.24. The van der Waals surface area contributed by atoms with Gasteiger partial charge >= 0.3 is 0 Å². The van der Waals surface area contributed by atoms with Crippen molar-refractivity contribution in [2.45, 2.75) is 32.6 Å². The molecule has 2 aromatic heterocycles. The van der Waals surface area contributed by atoms with Crippen LogP contribution in [0, 0.1) is 0 Å². The molecule has 0 saturated heterocycles. The molecule has 31 heavy (non-hydrogen) atoms. The number of hydrogen-bond acceptors (Lipinski definition) is 9. The SMILES string of the molecule is CNc1cc2nc3c(cnn13)C(=O)NC(C)[C@@H](C)OCc1cc(N)c(N(C)N)c(c1)N2. The van der Waals surface area contributed by atoms with E-state index >= 15 is 0 Å². The molecule has 7 N–H and O–H groups in total. The summed E-state index contributed by atoms with van der Waals surface area (Å²) in [6.07, 6.45) is 1.27. The molecule has 0 radical (unpaired) electrons. The first-order chi connectivity index (χ1) is 14.8. The summed E-state index contributed by atoms with van der Waals surface area (Å²) in [7, 11) is 3.49. The van der Waals surface area contributed by atoms with E-state index in [4.69, 9.17) is 16.3 Å². The van der Waals surface area contributed by atoms with E-state index in [-0.39, 0.29) is 18.1 Å². The Labute approximate surface area is 179 Å². The first kappa shape index (κ1) is 20.7.